The minimum atomic E-state index is 0.378. The lowest BCUT2D eigenvalue weighted by Gasteiger charge is -2.37. The molecule has 0 bridgehead atoms. The molecule has 26 heavy (non-hydrogen) atoms. The number of aromatic nitrogens is 4. The van der Waals surface area contributed by atoms with Crippen LogP contribution in [0.2, 0.25) is 10.0 Å². The molecule has 0 unspecified atom stereocenters. The van der Waals surface area contributed by atoms with Gasteiger partial charge in [-0.3, -0.25) is 5.10 Å². The number of fused-ring (bicyclic) bond motifs is 1. The number of H-pyrrole nitrogens is 1. The van der Waals surface area contributed by atoms with E-state index < -0.39 is 0 Å². The third kappa shape index (κ3) is 3.19. The standard InChI is InChI=1S/C18H18BrCl2N5/c1-18(2)6-8-26(9-7-18)17-15(19)22-14-13(24-25-16(14)23-17)10-4-3-5-11(20)12(10)21/h3-5H,6-9H2,1-2H3,(H,23,24,25). The van der Waals surface area contributed by atoms with Crippen molar-refractivity contribution in [2.24, 2.45) is 5.41 Å². The lowest BCUT2D eigenvalue weighted by Crippen LogP contribution is -2.38. The molecule has 8 heteroatoms. The lowest BCUT2D eigenvalue weighted by molar-refractivity contribution is 0.279. The Bertz CT molecular complexity index is 975. The maximum absolute atomic E-state index is 6.36. The number of piperidine rings is 1. The first-order valence-corrected chi connectivity index (χ1v) is 10.0. The summed E-state index contributed by atoms with van der Waals surface area (Å²) in [6, 6.07) is 5.49. The molecule has 0 radical (unpaired) electrons. The van der Waals surface area contributed by atoms with Gasteiger partial charge in [0.2, 0.25) is 5.65 Å². The van der Waals surface area contributed by atoms with E-state index in [9.17, 15) is 0 Å². The van der Waals surface area contributed by atoms with E-state index in [1.165, 1.54) is 0 Å². The van der Waals surface area contributed by atoms with Crippen molar-refractivity contribution in [1.82, 2.24) is 20.2 Å². The van der Waals surface area contributed by atoms with Crippen LogP contribution in [0.15, 0.2) is 22.8 Å². The van der Waals surface area contributed by atoms with E-state index >= 15 is 0 Å². The second-order valence-corrected chi connectivity index (χ2v) is 8.90. The van der Waals surface area contributed by atoms with Gasteiger partial charge in [-0.1, -0.05) is 49.2 Å². The van der Waals surface area contributed by atoms with Crippen molar-refractivity contribution in [3.05, 3.63) is 32.8 Å². The molecule has 3 heterocycles. The summed E-state index contributed by atoms with van der Waals surface area (Å²) in [5.74, 6) is 0.836. The van der Waals surface area contributed by atoms with Gasteiger partial charge in [-0.2, -0.15) is 5.10 Å². The normalized spacial score (nSPS) is 17.0. The number of halogens is 3. The zero-order valence-corrected chi connectivity index (χ0v) is 17.6. The van der Waals surface area contributed by atoms with E-state index in [1.807, 2.05) is 12.1 Å². The molecule has 1 N–H and O–H groups in total. The number of nitrogens with one attached hydrogen (secondary N) is 1. The minimum Gasteiger partial charge on any atom is -0.354 e. The summed E-state index contributed by atoms with van der Waals surface area (Å²) in [6.07, 6.45) is 2.26. The monoisotopic (exact) mass is 453 g/mol. The van der Waals surface area contributed by atoms with Crippen molar-refractivity contribution in [2.75, 3.05) is 18.0 Å². The van der Waals surface area contributed by atoms with Gasteiger partial charge in [-0.25, -0.2) is 9.97 Å². The highest BCUT2D eigenvalue weighted by atomic mass is 79.9. The van der Waals surface area contributed by atoms with Gasteiger partial charge < -0.3 is 4.90 Å². The SMILES string of the molecule is CC1(C)CCN(c2nc3n[nH]c(-c4cccc(Cl)c4Cl)c3nc2Br)CC1. The molecule has 1 fully saturated rings. The Morgan fingerprint density at radius 2 is 1.88 bits per heavy atom. The first-order valence-electron chi connectivity index (χ1n) is 8.47. The second kappa shape index (κ2) is 6.66. The minimum absolute atomic E-state index is 0.378. The molecule has 1 saturated heterocycles. The van der Waals surface area contributed by atoms with Crippen molar-refractivity contribution in [2.45, 2.75) is 26.7 Å². The molecular weight excluding hydrogens is 437 g/mol. The van der Waals surface area contributed by atoms with Crippen LogP contribution in [0.3, 0.4) is 0 Å². The highest BCUT2D eigenvalue weighted by molar-refractivity contribution is 9.10. The summed E-state index contributed by atoms with van der Waals surface area (Å²) in [6.45, 7) is 6.54. The van der Waals surface area contributed by atoms with Crippen LogP contribution in [-0.4, -0.2) is 33.3 Å². The van der Waals surface area contributed by atoms with Crippen LogP contribution in [0.25, 0.3) is 22.4 Å². The van der Waals surface area contributed by atoms with Crippen LogP contribution in [0.1, 0.15) is 26.7 Å². The average Bonchev–Trinajstić information content (AvgIpc) is 2.99. The maximum atomic E-state index is 6.36. The van der Waals surface area contributed by atoms with Crippen LogP contribution in [0.4, 0.5) is 5.82 Å². The van der Waals surface area contributed by atoms with Crippen LogP contribution in [0.5, 0.6) is 0 Å². The summed E-state index contributed by atoms with van der Waals surface area (Å²) in [5, 5.41) is 8.32. The quantitative estimate of drug-likeness (QED) is 0.538. The zero-order chi connectivity index (χ0) is 18.5. The Labute approximate surface area is 170 Å². The van der Waals surface area contributed by atoms with E-state index in [0.29, 0.717) is 36.9 Å². The molecule has 0 amide bonds. The van der Waals surface area contributed by atoms with Crippen LogP contribution in [0, 0.1) is 5.41 Å². The summed E-state index contributed by atoms with van der Waals surface area (Å²) < 4.78 is 0.713. The highest BCUT2D eigenvalue weighted by Crippen LogP contribution is 2.37. The Morgan fingerprint density at radius 1 is 1.15 bits per heavy atom. The largest absolute Gasteiger partial charge is 0.354 e. The fraction of sp³-hybridized carbons (Fsp3) is 0.389. The van der Waals surface area contributed by atoms with E-state index in [4.69, 9.17) is 33.2 Å². The third-order valence-corrected chi connectivity index (χ3v) is 6.32. The second-order valence-electron chi connectivity index (χ2n) is 7.36. The number of benzene rings is 1. The van der Waals surface area contributed by atoms with Crippen molar-refractivity contribution in [3.8, 4) is 11.3 Å². The molecule has 0 saturated carbocycles. The molecule has 4 rings (SSSR count). The van der Waals surface area contributed by atoms with Crippen molar-refractivity contribution < 1.29 is 0 Å². The number of anilines is 1. The first kappa shape index (κ1) is 18.0. The number of aromatic amines is 1. The predicted octanol–water partition coefficient (Wildman–Crippen LogP) is 5.72. The van der Waals surface area contributed by atoms with Crippen molar-refractivity contribution in [1.29, 1.82) is 0 Å². The first-order chi connectivity index (χ1) is 12.4. The van der Waals surface area contributed by atoms with Gasteiger partial charge >= 0.3 is 0 Å². The van der Waals surface area contributed by atoms with Crippen molar-refractivity contribution >= 4 is 56.1 Å². The summed E-state index contributed by atoms with van der Waals surface area (Å²) >= 11 is 16.1. The number of hydrogen-bond acceptors (Lipinski definition) is 4. The van der Waals surface area contributed by atoms with E-state index in [2.05, 4.69) is 44.9 Å². The summed E-state index contributed by atoms with van der Waals surface area (Å²) in [5.41, 5.74) is 3.09. The molecule has 0 atom stereocenters. The molecule has 5 nitrogen and oxygen atoms in total. The molecule has 1 aliphatic rings. The Morgan fingerprint density at radius 3 is 2.62 bits per heavy atom. The number of hydrogen-bond donors (Lipinski definition) is 1. The van der Waals surface area contributed by atoms with Gasteiger partial charge in [0, 0.05) is 18.7 Å². The van der Waals surface area contributed by atoms with Gasteiger partial charge in [-0.15, -0.1) is 0 Å². The highest BCUT2D eigenvalue weighted by Gasteiger charge is 2.28. The molecule has 0 spiro atoms. The molecule has 3 aromatic rings. The van der Waals surface area contributed by atoms with Gasteiger partial charge in [-0.05, 0) is 40.3 Å². The van der Waals surface area contributed by atoms with Crippen LogP contribution in [-0.2, 0) is 0 Å². The fourth-order valence-corrected chi connectivity index (χ4v) is 4.13. The predicted molar refractivity (Wildman–Crippen MR) is 110 cm³/mol. The lowest BCUT2D eigenvalue weighted by atomic mass is 9.83. The average molecular weight is 455 g/mol. The third-order valence-electron chi connectivity index (χ3n) is 4.97. The molecule has 136 valence electrons. The number of nitrogens with zero attached hydrogens (tertiary/aromatic N) is 4. The molecule has 2 aromatic heterocycles. The molecule has 1 aromatic carbocycles. The maximum Gasteiger partial charge on any atom is 0.202 e. The molecule has 1 aliphatic heterocycles. The number of rotatable bonds is 2. The van der Waals surface area contributed by atoms with Gasteiger partial charge in [0.1, 0.15) is 10.1 Å². The van der Waals surface area contributed by atoms with Crippen LogP contribution >= 0.6 is 39.1 Å². The van der Waals surface area contributed by atoms with Gasteiger partial charge in [0.05, 0.1) is 15.7 Å². The fourth-order valence-electron chi connectivity index (χ4n) is 3.21. The molecule has 0 aliphatic carbocycles. The summed E-state index contributed by atoms with van der Waals surface area (Å²) in [7, 11) is 0. The Hall–Kier alpha value is -1.37. The van der Waals surface area contributed by atoms with Gasteiger partial charge in [0.25, 0.3) is 0 Å². The van der Waals surface area contributed by atoms with Gasteiger partial charge in [0.15, 0.2) is 5.82 Å². The summed E-state index contributed by atoms with van der Waals surface area (Å²) in [4.78, 5) is 11.7. The molecular formula is C18H18BrCl2N5. The van der Waals surface area contributed by atoms with E-state index in [0.717, 1.165) is 37.3 Å². The van der Waals surface area contributed by atoms with E-state index in [-0.39, 0.29) is 0 Å². The van der Waals surface area contributed by atoms with E-state index in [1.54, 1.807) is 6.07 Å². The van der Waals surface area contributed by atoms with Crippen molar-refractivity contribution in [3.63, 3.8) is 0 Å². The zero-order valence-electron chi connectivity index (χ0n) is 14.5. The smallest absolute Gasteiger partial charge is 0.202 e. The Balaban J connectivity index is 1.75. The Kier molecular flexibility index (Phi) is 4.61. The van der Waals surface area contributed by atoms with Crippen LogP contribution < -0.4 is 4.90 Å². The topological polar surface area (TPSA) is 57.7 Å².